The van der Waals surface area contributed by atoms with Gasteiger partial charge >= 0.3 is 5.97 Å². The van der Waals surface area contributed by atoms with Crippen molar-refractivity contribution in [2.24, 2.45) is 7.05 Å². The monoisotopic (exact) mass is 364 g/mol. The third kappa shape index (κ3) is 3.10. The highest BCUT2D eigenvalue weighted by Gasteiger charge is 2.18. The van der Waals surface area contributed by atoms with Crippen LogP contribution >= 0.6 is 22.9 Å². The fourth-order valence-corrected chi connectivity index (χ4v) is 3.29. The number of hydrogen-bond acceptors (Lipinski definition) is 6. The molecule has 0 fully saturated rings. The first kappa shape index (κ1) is 16.4. The van der Waals surface area contributed by atoms with Crippen molar-refractivity contribution in [2.45, 2.75) is 6.92 Å². The van der Waals surface area contributed by atoms with Crippen LogP contribution in [0.25, 0.3) is 10.2 Å². The molecular formula is C15H13ClN4O3S. The van der Waals surface area contributed by atoms with Crippen LogP contribution in [-0.4, -0.2) is 33.2 Å². The minimum atomic E-state index is -0.398. The molecule has 0 atom stereocenters. The van der Waals surface area contributed by atoms with Gasteiger partial charge in [0.15, 0.2) is 5.13 Å². The highest BCUT2D eigenvalue weighted by atomic mass is 35.5. The van der Waals surface area contributed by atoms with E-state index in [0.29, 0.717) is 22.8 Å². The average molecular weight is 365 g/mol. The number of aryl methyl sites for hydroxylation is 1. The number of halogens is 1. The summed E-state index contributed by atoms with van der Waals surface area (Å²) in [7, 11) is 1.63. The number of amides is 1. The van der Waals surface area contributed by atoms with E-state index >= 15 is 0 Å². The molecule has 24 heavy (non-hydrogen) atoms. The van der Waals surface area contributed by atoms with Gasteiger partial charge in [-0.05, 0) is 25.1 Å². The van der Waals surface area contributed by atoms with Crippen LogP contribution in [0.2, 0.25) is 5.02 Å². The molecule has 1 aromatic carbocycles. The second-order valence-electron chi connectivity index (χ2n) is 4.84. The summed E-state index contributed by atoms with van der Waals surface area (Å²) < 4.78 is 7.14. The predicted molar refractivity (Wildman–Crippen MR) is 91.7 cm³/mol. The van der Waals surface area contributed by atoms with E-state index in [-0.39, 0.29) is 16.7 Å². The van der Waals surface area contributed by atoms with E-state index in [9.17, 15) is 9.59 Å². The predicted octanol–water partition coefficient (Wildman–Crippen LogP) is 3.11. The summed E-state index contributed by atoms with van der Waals surface area (Å²) in [6.45, 7) is 2.06. The average Bonchev–Trinajstić information content (AvgIpc) is 3.09. The van der Waals surface area contributed by atoms with E-state index in [4.69, 9.17) is 16.3 Å². The van der Waals surface area contributed by atoms with E-state index in [2.05, 4.69) is 15.4 Å². The van der Waals surface area contributed by atoms with Crippen molar-refractivity contribution in [1.82, 2.24) is 14.8 Å². The fourth-order valence-electron chi connectivity index (χ4n) is 2.14. The molecule has 0 saturated carbocycles. The summed E-state index contributed by atoms with van der Waals surface area (Å²) in [6, 6.07) is 5.05. The van der Waals surface area contributed by atoms with Crippen LogP contribution in [0.4, 0.5) is 5.13 Å². The Morgan fingerprint density at radius 3 is 2.88 bits per heavy atom. The van der Waals surface area contributed by atoms with Crippen LogP contribution in [0.15, 0.2) is 24.4 Å². The highest BCUT2D eigenvalue weighted by molar-refractivity contribution is 7.22. The standard InChI is InChI=1S/C15H13ClN4O3S/c1-3-23-14(22)8-4-5-10-11(6-8)24-15(18-10)19-13(21)12-9(16)7-17-20(12)2/h4-7H,3H2,1-2H3,(H,18,19,21). The van der Waals surface area contributed by atoms with Crippen molar-refractivity contribution in [3.05, 3.63) is 40.7 Å². The maximum Gasteiger partial charge on any atom is 0.338 e. The first-order valence-corrected chi connectivity index (χ1v) is 8.25. The van der Waals surface area contributed by atoms with Crippen molar-refractivity contribution in [1.29, 1.82) is 0 Å². The molecule has 7 nitrogen and oxygen atoms in total. The van der Waals surface area contributed by atoms with Gasteiger partial charge < -0.3 is 4.74 Å². The van der Waals surface area contributed by atoms with Gasteiger partial charge in [0.2, 0.25) is 0 Å². The van der Waals surface area contributed by atoms with E-state index in [1.807, 2.05) is 0 Å². The number of aromatic nitrogens is 3. The molecule has 0 saturated heterocycles. The van der Waals surface area contributed by atoms with Gasteiger partial charge in [-0.15, -0.1) is 0 Å². The molecule has 124 valence electrons. The van der Waals surface area contributed by atoms with Crippen molar-refractivity contribution >= 4 is 50.2 Å². The lowest BCUT2D eigenvalue weighted by atomic mass is 10.2. The van der Waals surface area contributed by atoms with Crippen LogP contribution in [0.1, 0.15) is 27.8 Å². The van der Waals surface area contributed by atoms with Crippen LogP contribution in [0.3, 0.4) is 0 Å². The molecule has 0 spiro atoms. The molecule has 3 rings (SSSR count). The van der Waals surface area contributed by atoms with Crippen molar-refractivity contribution in [2.75, 3.05) is 11.9 Å². The second kappa shape index (κ2) is 6.58. The summed E-state index contributed by atoms with van der Waals surface area (Å²) in [5.74, 6) is -0.787. The van der Waals surface area contributed by atoms with Crippen molar-refractivity contribution < 1.29 is 14.3 Å². The van der Waals surface area contributed by atoms with E-state index in [1.165, 1.54) is 22.2 Å². The largest absolute Gasteiger partial charge is 0.462 e. The number of anilines is 1. The Balaban J connectivity index is 1.86. The second-order valence-corrected chi connectivity index (χ2v) is 6.28. The summed E-state index contributed by atoms with van der Waals surface area (Å²) in [4.78, 5) is 28.4. The quantitative estimate of drug-likeness (QED) is 0.719. The molecule has 0 unspecified atom stereocenters. The minimum absolute atomic E-state index is 0.253. The van der Waals surface area contributed by atoms with Gasteiger partial charge in [0.25, 0.3) is 5.91 Å². The zero-order chi connectivity index (χ0) is 17.3. The number of thiazole rings is 1. The molecule has 3 aromatic rings. The van der Waals surface area contributed by atoms with Crippen LogP contribution in [-0.2, 0) is 11.8 Å². The minimum Gasteiger partial charge on any atom is -0.462 e. The molecule has 2 aromatic heterocycles. The van der Waals surface area contributed by atoms with E-state index < -0.39 is 5.91 Å². The first-order chi connectivity index (χ1) is 11.5. The zero-order valence-corrected chi connectivity index (χ0v) is 14.4. The summed E-state index contributed by atoms with van der Waals surface area (Å²) in [6.07, 6.45) is 1.40. The van der Waals surface area contributed by atoms with Gasteiger partial charge in [-0.2, -0.15) is 5.10 Å². The molecule has 0 radical (unpaired) electrons. The third-order valence-electron chi connectivity index (χ3n) is 3.23. The van der Waals surface area contributed by atoms with E-state index in [1.54, 1.807) is 32.2 Å². The molecule has 0 bridgehead atoms. The Bertz CT molecular complexity index is 915. The number of carbonyl (C=O) groups is 2. The maximum atomic E-state index is 12.3. The third-order valence-corrected chi connectivity index (χ3v) is 4.44. The lowest BCUT2D eigenvalue weighted by molar-refractivity contribution is 0.0526. The fraction of sp³-hybridized carbons (Fsp3) is 0.200. The normalized spacial score (nSPS) is 10.8. The van der Waals surface area contributed by atoms with Gasteiger partial charge in [0, 0.05) is 7.05 Å². The van der Waals surface area contributed by atoms with Gasteiger partial charge in [-0.3, -0.25) is 14.8 Å². The molecule has 0 aliphatic carbocycles. The summed E-state index contributed by atoms with van der Waals surface area (Å²) in [5.41, 5.74) is 1.38. The van der Waals surface area contributed by atoms with Gasteiger partial charge in [0.1, 0.15) is 5.69 Å². The number of hydrogen-bond donors (Lipinski definition) is 1. The maximum absolute atomic E-state index is 12.3. The first-order valence-electron chi connectivity index (χ1n) is 7.06. The number of carbonyl (C=O) groups excluding carboxylic acids is 2. The molecule has 1 amide bonds. The van der Waals surface area contributed by atoms with Crippen LogP contribution < -0.4 is 5.32 Å². The zero-order valence-electron chi connectivity index (χ0n) is 12.9. The highest BCUT2D eigenvalue weighted by Crippen LogP contribution is 2.28. The van der Waals surface area contributed by atoms with Gasteiger partial charge in [-0.1, -0.05) is 22.9 Å². The lowest BCUT2D eigenvalue weighted by Gasteiger charge is -2.02. The molecule has 9 heteroatoms. The molecule has 0 aliphatic rings. The van der Waals surface area contributed by atoms with Crippen LogP contribution in [0.5, 0.6) is 0 Å². The van der Waals surface area contributed by atoms with E-state index in [0.717, 1.165) is 4.70 Å². The van der Waals surface area contributed by atoms with Gasteiger partial charge in [0.05, 0.1) is 33.6 Å². The SMILES string of the molecule is CCOC(=O)c1ccc2nc(NC(=O)c3c(Cl)cnn3C)sc2c1. The Labute approximate surface area is 146 Å². The molecule has 2 heterocycles. The summed E-state index contributed by atoms with van der Waals surface area (Å²) >= 11 is 7.22. The Kier molecular flexibility index (Phi) is 4.50. The molecule has 0 aliphatic heterocycles. The lowest BCUT2D eigenvalue weighted by Crippen LogP contribution is -2.16. The van der Waals surface area contributed by atoms with Crippen molar-refractivity contribution in [3.63, 3.8) is 0 Å². The number of benzene rings is 1. The number of fused-ring (bicyclic) bond motifs is 1. The Hall–Kier alpha value is -2.45. The number of nitrogens with one attached hydrogen (secondary N) is 1. The Morgan fingerprint density at radius 1 is 1.42 bits per heavy atom. The topological polar surface area (TPSA) is 86.1 Å². The smallest absolute Gasteiger partial charge is 0.338 e. The molecule has 1 N–H and O–H groups in total. The Morgan fingerprint density at radius 2 is 2.21 bits per heavy atom. The number of ether oxygens (including phenoxy) is 1. The number of rotatable bonds is 4. The van der Waals surface area contributed by atoms with Gasteiger partial charge in [-0.25, -0.2) is 9.78 Å². The molecular weight excluding hydrogens is 352 g/mol. The number of nitrogens with zero attached hydrogens (tertiary/aromatic N) is 3. The van der Waals surface area contributed by atoms with Crippen molar-refractivity contribution in [3.8, 4) is 0 Å². The van der Waals surface area contributed by atoms with Crippen LogP contribution in [0, 0.1) is 0 Å². The number of esters is 1. The summed E-state index contributed by atoms with van der Waals surface area (Å²) in [5, 5.41) is 7.30.